The second-order valence-electron chi connectivity index (χ2n) is 8.42. The summed E-state index contributed by atoms with van der Waals surface area (Å²) in [6.07, 6.45) is 0. The van der Waals surface area contributed by atoms with Crippen LogP contribution in [0.4, 0.5) is 11.4 Å². The fourth-order valence-electron chi connectivity index (χ4n) is 4.41. The van der Waals surface area contributed by atoms with Gasteiger partial charge >= 0.3 is 0 Å². The Kier molecular flexibility index (Phi) is 5.96. The van der Waals surface area contributed by atoms with E-state index in [2.05, 4.69) is 15.2 Å². The van der Waals surface area contributed by atoms with Gasteiger partial charge in [-0.1, -0.05) is 17.8 Å². The number of carbonyl (C=O) groups excluding carboxylic acids is 1. The van der Waals surface area contributed by atoms with Gasteiger partial charge in [0.1, 0.15) is 5.75 Å². The molecule has 0 bridgehead atoms. The molecule has 0 saturated carbocycles. The number of thioether (sulfide) groups is 1. The first-order valence-electron chi connectivity index (χ1n) is 10.9. The highest BCUT2D eigenvalue weighted by atomic mass is 32.2. The van der Waals surface area contributed by atoms with E-state index in [0.717, 1.165) is 35.4 Å². The molecule has 2 atom stereocenters. The van der Waals surface area contributed by atoms with Crippen LogP contribution in [0.15, 0.2) is 53.5 Å². The molecule has 2 fully saturated rings. The molecular weight excluding hydrogens is 460 g/mol. The van der Waals surface area contributed by atoms with E-state index in [1.807, 2.05) is 53.4 Å². The van der Waals surface area contributed by atoms with Gasteiger partial charge in [-0.3, -0.25) is 9.79 Å². The highest BCUT2D eigenvalue weighted by Crippen LogP contribution is 2.34. The summed E-state index contributed by atoms with van der Waals surface area (Å²) in [6, 6.07) is 15.2. The molecule has 2 aromatic rings. The maximum absolute atomic E-state index is 13.1. The minimum atomic E-state index is -2.97. The number of sulfone groups is 1. The van der Waals surface area contributed by atoms with Crippen LogP contribution in [0.3, 0.4) is 0 Å². The topological polar surface area (TPSA) is 91.3 Å². The van der Waals surface area contributed by atoms with Gasteiger partial charge < -0.3 is 19.9 Å². The Morgan fingerprint density at radius 2 is 1.85 bits per heavy atom. The third-order valence-electron chi connectivity index (χ3n) is 6.18. The summed E-state index contributed by atoms with van der Waals surface area (Å²) >= 11 is 1.47. The SMILES string of the molecule is COc1ccc(N2CCN(C(=O)c3cccc(NC4=N[C@@H]5CS(=O)(=O)C[C@@H]5S4)c3)CC2)cc1. The molecule has 1 N–H and O–H groups in total. The molecule has 2 aromatic carbocycles. The van der Waals surface area contributed by atoms with Crippen molar-refractivity contribution >= 4 is 44.0 Å². The minimum absolute atomic E-state index is 0.00990. The molecule has 174 valence electrons. The first-order valence-corrected chi connectivity index (χ1v) is 13.6. The van der Waals surface area contributed by atoms with E-state index in [1.165, 1.54) is 11.8 Å². The van der Waals surface area contributed by atoms with E-state index >= 15 is 0 Å². The summed E-state index contributed by atoms with van der Waals surface area (Å²) in [6.45, 7) is 2.86. The van der Waals surface area contributed by atoms with Crippen molar-refractivity contribution in [3.05, 3.63) is 54.1 Å². The van der Waals surface area contributed by atoms with Gasteiger partial charge in [0.15, 0.2) is 15.0 Å². The molecule has 5 rings (SSSR count). The van der Waals surface area contributed by atoms with Gasteiger partial charge in [0.25, 0.3) is 5.91 Å². The molecule has 8 nitrogen and oxygen atoms in total. The number of nitrogens with one attached hydrogen (secondary N) is 1. The number of ether oxygens (including phenoxy) is 1. The Balaban J connectivity index is 1.19. The van der Waals surface area contributed by atoms with Gasteiger partial charge in [-0.2, -0.15) is 0 Å². The lowest BCUT2D eigenvalue weighted by Gasteiger charge is -2.36. The highest BCUT2D eigenvalue weighted by molar-refractivity contribution is 8.15. The number of benzene rings is 2. The minimum Gasteiger partial charge on any atom is -0.497 e. The number of carbonyl (C=O) groups is 1. The summed E-state index contributed by atoms with van der Waals surface area (Å²) in [5.41, 5.74) is 2.54. The molecule has 0 spiro atoms. The molecular formula is C23H26N4O4S2. The van der Waals surface area contributed by atoms with Crippen molar-refractivity contribution in [2.75, 3.05) is 55.0 Å². The van der Waals surface area contributed by atoms with Crippen LogP contribution in [-0.2, 0) is 9.84 Å². The van der Waals surface area contributed by atoms with Crippen LogP contribution in [0.1, 0.15) is 10.4 Å². The number of methoxy groups -OCH3 is 1. The largest absolute Gasteiger partial charge is 0.497 e. The third-order valence-corrected chi connectivity index (χ3v) is 9.33. The van der Waals surface area contributed by atoms with Crippen LogP contribution in [0.25, 0.3) is 0 Å². The van der Waals surface area contributed by atoms with Crippen molar-refractivity contribution in [3.8, 4) is 5.75 Å². The molecule has 3 heterocycles. The monoisotopic (exact) mass is 486 g/mol. The van der Waals surface area contributed by atoms with E-state index in [1.54, 1.807) is 7.11 Å². The standard InChI is InChI=1S/C23H26N4O4S2/c1-31-19-7-5-18(6-8-19)26-9-11-27(12-10-26)22(28)16-3-2-4-17(13-16)24-23-25-20-14-33(29,30)15-21(20)32-23/h2-8,13,20-21H,9-12,14-15H2,1H3,(H,24,25)/t20-,21+/m1/s1. The van der Waals surface area contributed by atoms with Crippen molar-refractivity contribution in [1.29, 1.82) is 0 Å². The zero-order valence-corrected chi connectivity index (χ0v) is 19.9. The van der Waals surface area contributed by atoms with E-state index in [0.29, 0.717) is 18.7 Å². The maximum atomic E-state index is 13.1. The lowest BCUT2D eigenvalue weighted by molar-refractivity contribution is 0.0747. The number of amidine groups is 1. The summed E-state index contributed by atoms with van der Waals surface area (Å²) in [5, 5.41) is 3.97. The van der Waals surface area contributed by atoms with E-state index in [4.69, 9.17) is 4.74 Å². The average molecular weight is 487 g/mol. The number of piperazine rings is 1. The summed E-state index contributed by atoms with van der Waals surface area (Å²) in [4.78, 5) is 21.8. The molecule has 10 heteroatoms. The van der Waals surface area contributed by atoms with Gasteiger partial charge in [-0.25, -0.2) is 8.42 Å². The number of hydrogen-bond acceptors (Lipinski definition) is 8. The lowest BCUT2D eigenvalue weighted by atomic mass is 10.1. The Morgan fingerprint density at radius 3 is 2.55 bits per heavy atom. The van der Waals surface area contributed by atoms with E-state index in [-0.39, 0.29) is 28.7 Å². The van der Waals surface area contributed by atoms with Crippen LogP contribution in [0.2, 0.25) is 0 Å². The molecule has 3 aliphatic heterocycles. The normalized spacial score (nSPS) is 23.7. The number of amides is 1. The van der Waals surface area contributed by atoms with Gasteiger partial charge in [-0.05, 0) is 42.5 Å². The van der Waals surface area contributed by atoms with Crippen LogP contribution >= 0.6 is 11.8 Å². The van der Waals surface area contributed by atoms with Crippen molar-refractivity contribution in [2.24, 2.45) is 4.99 Å². The molecule has 0 unspecified atom stereocenters. The van der Waals surface area contributed by atoms with Crippen LogP contribution in [0.5, 0.6) is 5.75 Å². The molecule has 0 aliphatic carbocycles. The van der Waals surface area contributed by atoms with E-state index < -0.39 is 9.84 Å². The smallest absolute Gasteiger partial charge is 0.254 e. The van der Waals surface area contributed by atoms with Crippen LogP contribution in [-0.4, -0.2) is 80.5 Å². The Morgan fingerprint density at radius 1 is 1.09 bits per heavy atom. The van der Waals surface area contributed by atoms with Crippen molar-refractivity contribution in [3.63, 3.8) is 0 Å². The number of rotatable bonds is 4. The van der Waals surface area contributed by atoms with Gasteiger partial charge in [-0.15, -0.1) is 0 Å². The van der Waals surface area contributed by atoms with E-state index in [9.17, 15) is 13.2 Å². The van der Waals surface area contributed by atoms with Crippen LogP contribution < -0.4 is 15.0 Å². The quantitative estimate of drug-likeness (QED) is 0.709. The van der Waals surface area contributed by atoms with Gasteiger partial charge in [0, 0.05) is 48.4 Å². The Hall–Kier alpha value is -2.72. The zero-order chi connectivity index (χ0) is 23.0. The average Bonchev–Trinajstić information content (AvgIpc) is 3.31. The predicted octanol–water partition coefficient (Wildman–Crippen LogP) is 2.34. The molecule has 2 saturated heterocycles. The number of fused-ring (bicyclic) bond motifs is 1. The molecule has 1 amide bonds. The summed E-state index contributed by atoms with van der Waals surface area (Å²) in [5.74, 6) is 1.14. The maximum Gasteiger partial charge on any atom is 0.254 e. The number of hydrogen-bond donors (Lipinski definition) is 1. The predicted molar refractivity (Wildman–Crippen MR) is 132 cm³/mol. The fourth-order valence-corrected chi connectivity index (χ4v) is 8.09. The van der Waals surface area contributed by atoms with Crippen LogP contribution in [0, 0.1) is 0 Å². The molecule has 0 aromatic heterocycles. The number of nitrogens with zero attached hydrogens (tertiary/aromatic N) is 3. The third kappa shape index (κ3) is 4.81. The molecule has 0 radical (unpaired) electrons. The highest BCUT2D eigenvalue weighted by Gasteiger charge is 2.42. The molecule has 3 aliphatic rings. The summed E-state index contributed by atoms with van der Waals surface area (Å²) in [7, 11) is -1.32. The second kappa shape index (κ2) is 8.90. The first kappa shape index (κ1) is 22.1. The Labute approximate surface area is 197 Å². The fraction of sp³-hybridized carbons (Fsp3) is 0.391. The van der Waals surface area contributed by atoms with Gasteiger partial charge in [0.05, 0.1) is 24.7 Å². The Bertz CT molecular complexity index is 1180. The number of aliphatic imine (C=N–C) groups is 1. The van der Waals surface area contributed by atoms with Crippen molar-refractivity contribution in [1.82, 2.24) is 4.90 Å². The number of anilines is 2. The summed E-state index contributed by atoms with van der Waals surface area (Å²) < 4.78 is 28.7. The van der Waals surface area contributed by atoms with Crippen molar-refractivity contribution in [2.45, 2.75) is 11.3 Å². The van der Waals surface area contributed by atoms with Gasteiger partial charge in [0.2, 0.25) is 0 Å². The zero-order valence-electron chi connectivity index (χ0n) is 18.3. The second-order valence-corrected chi connectivity index (χ2v) is 11.8. The first-order chi connectivity index (χ1) is 15.9. The molecule has 33 heavy (non-hydrogen) atoms. The lowest BCUT2D eigenvalue weighted by Crippen LogP contribution is -2.48. The van der Waals surface area contributed by atoms with Crippen molar-refractivity contribution < 1.29 is 17.9 Å².